The second-order valence-corrected chi connectivity index (χ2v) is 4.61. The molecule has 1 saturated heterocycles. The molecule has 0 saturated carbocycles. The predicted molar refractivity (Wildman–Crippen MR) is 66.8 cm³/mol. The van der Waals surface area contributed by atoms with Crippen LogP contribution < -0.4 is 11.2 Å². The van der Waals surface area contributed by atoms with Crippen LogP contribution in [0.5, 0.6) is 0 Å². The summed E-state index contributed by atoms with van der Waals surface area (Å²) in [6.07, 6.45) is -0.665. The Balaban J connectivity index is 2.30. The van der Waals surface area contributed by atoms with Crippen molar-refractivity contribution in [1.82, 2.24) is 9.55 Å². The summed E-state index contributed by atoms with van der Waals surface area (Å²) in [5.41, 5.74) is -0.314. The molecule has 1 fully saturated rings. The predicted octanol–water partition coefficient (Wildman–Crippen LogP) is -0.958. The molecule has 0 spiro atoms. The third kappa shape index (κ3) is 2.53. The van der Waals surface area contributed by atoms with Crippen molar-refractivity contribution in [3.05, 3.63) is 44.8 Å². The lowest BCUT2D eigenvalue weighted by Gasteiger charge is -2.17. The molecule has 1 aliphatic heterocycles. The number of nitrogens with one attached hydrogen (secondary N) is 1. The smallest absolute Gasteiger partial charge is 0.330 e. The maximum absolute atomic E-state index is 11.7. The second-order valence-electron chi connectivity index (χ2n) is 4.61. The van der Waals surface area contributed by atoms with Crippen molar-refractivity contribution >= 4 is 0 Å². The van der Waals surface area contributed by atoms with Crippen molar-refractivity contribution < 1.29 is 14.9 Å². The van der Waals surface area contributed by atoms with Crippen molar-refractivity contribution in [1.29, 1.82) is 0 Å². The van der Waals surface area contributed by atoms with E-state index in [-0.39, 0.29) is 13.0 Å². The topological polar surface area (TPSA) is 105 Å². The molecule has 1 aromatic rings. The highest BCUT2D eigenvalue weighted by atomic mass is 16.5. The fourth-order valence-corrected chi connectivity index (χ4v) is 2.08. The van der Waals surface area contributed by atoms with Crippen LogP contribution in [0.25, 0.3) is 0 Å². The zero-order chi connectivity index (χ0) is 14.2. The van der Waals surface area contributed by atoms with E-state index >= 15 is 0 Å². The highest BCUT2D eigenvalue weighted by molar-refractivity contribution is 5.09. The van der Waals surface area contributed by atoms with Crippen LogP contribution in [-0.2, 0) is 4.74 Å². The van der Waals surface area contributed by atoms with E-state index in [9.17, 15) is 14.7 Å². The number of aliphatic hydroxyl groups excluding tert-OH is 2. The maximum Gasteiger partial charge on any atom is 0.330 e. The molecule has 0 radical (unpaired) electrons. The summed E-state index contributed by atoms with van der Waals surface area (Å²) in [4.78, 5) is 25.2. The molecule has 0 unspecified atom stereocenters. The largest absolute Gasteiger partial charge is 0.392 e. The van der Waals surface area contributed by atoms with E-state index in [1.807, 2.05) is 0 Å². The van der Waals surface area contributed by atoms with Crippen LogP contribution >= 0.6 is 0 Å². The summed E-state index contributed by atoms with van der Waals surface area (Å²) in [6.45, 7) is 4.88. The first-order valence-corrected chi connectivity index (χ1v) is 5.88. The lowest BCUT2D eigenvalue weighted by Crippen LogP contribution is -2.33. The Morgan fingerprint density at radius 2 is 2.32 bits per heavy atom. The number of aromatic amines is 1. The molecule has 1 aliphatic rings. The van der Waals surface area contributed by atoms with Crippen LogP contribution in [0, 0.1) is 6.92 Å². The van der Waals surface area contributed by atoms with Gasteiger partial charge in [0.1, 0.15) is 12.3 Å². The van der Waals surface area contributed by atoms with Gasteiger partial charge in [-0.05, 0) is 12.5 Å². The van der Waals surface area contributed by atoms with Gasteiger partial charge in [-0.25, -0.2) is 4.79 Å². The number of aliphatic hydroxyl groups is 2. The number of hydrogen-bond donors (Lipinski definition) is 3. The highest BCUT2D eigenvalue weighted by Gasteiger charge is 2.36. The lowest BCUT2D eigenvalue weighted by molar-refractivity contribution is -0.00524. The minimum Gasteiger partial charge on any atom is -0.392 e. The number of H-pyrrole nitrogens is 1. The number of ether oxygens (including phenoxy) is 1. The molecular weight excluding hydrogens is 252 g/mol. The monoisotopic (exact) mass is 268 g/mol. The average Bonchev–Trinajstić information content (AvgIpc) is 2.75. The molecule has 7 heteroatoms. The molecular formula is C12H16N2O5. The Morgan fingerprint density at radius 1 is 1.63 bits per heavy atom. The second kappa shape index (κ2) is 5.12. The first kappa shape index (κ1) is 13.7. The molecule has 0 aromatic carbocycles. The van der Waals surface area contributed by atoms with E-state index in [2.05, 4.69) is 11.6 Å². The van der Waals surface area contributed by atoms with Crippen molar-refractivity contribution in [2.24, 2.45) is 0 Å². The Kier molecular flexibility index (Phi) is 3.70. The van der Waals surface area contributed by atoms with E-state index in [1.165, 1.54) is 10.8 Å². The molecule has 104 valence electrons. The summed E-state index contributed by atoms with van der Waals surface area (Å²) >= 11 is 0. The van der Waals surface area contributed by atoms with Crippen molar-refractivity contribution in [3.63, 3.8) is 0 Å². The zero-order valence-corrected chi connectivity index (χ0v) is 10.5. The summed E-state index contributed by atoms with van der Waals surface area (Å²) in [5.74, 6) is 0. The summed E-state index contributed by atoms with van der Waals surface area (Å²) in [5, 5.41) is 18.9. The van der Waals surface area contributed by atoms with E-state index in [1.54, 1.807) is 6.92 Å². The molecule has 19 heavy (non-hydrogen) atoms. The van der Waals surface area contributed by atoms with Crippen molar-refractivity contribution in [2.75, 3.05) is 6.61 Å². The minimum absolute atomic E-state index is 0.190. The van der Waals surface area contributed by atoms with Crippen molar-refractivity contribution in [3.8, 4) is 0 Å². The molecule has 0 amide bonds. The van der Waals surface area contributed by atoms with Gasteiger partial charge in [0.15, 0.2) is 0 Å². The number of hydrogen-bond acceptors (Lipinski definition) is 5. The molecule has 3 atom stereocenters. The Bertz CT molecular complexity index is 603. The minimum atomic E-state index is -0.844. The van der Waals surface area contributed by atoms with Gasteiger partial charge >= 0.3 is 5.69 Å². The van der Waals surface area contributed by atoms with Gasteiger partial charge in [0.2, 0.25) is 0 Å². The van der Waals surface area contributed by atoms with Crippen LogP contribution in [-0.4, -0.2) is 38.6 Å². The molecule has 0 bridgehead atoms. The molecule has 3 N–H and O–H groups in total. The third-order valence-electron chi connectivity index (χ3n) is 3.16. The number of aryl methyl sites for hydroxylation is 1. The van der Waals surface area contributed by atoms with Crippen LogP contribution in [0.1, 0.15) is 18.2 Å². The number of rotatable bonds is 3. The Labute approximate surface area is 108 Å². The summed E-state index contributed by atoms with van der Waals surface area (Å²) in [7, 11) is 0. The molecule has 2 rings (SSSR count). The third-order valence-corrected chi connectivity index (χ3v) is 3.16. The van der Waals surface area contributed by atoms with Gasteiger partial charge in [-0.1, -0.05) is 6.58 Å². The van der Waals surface area contributed by atoms with Gasteiger partial charge in [0, 0.05) is 18.2 Å². The average molecular weight is 268 g/mol. The van der Waals surface area contributed by atoms with Gasteiger partial charge in [-0.15, -0.1) is 0 Å². The fourth-order valence-electron chi connectivity index (χ4n) is 2.08. The molecule has 0 aliphatic carbocycles. The van der Waals surface area contributed by atoms with Gasteiger partial charge in [-0.2, -0.15) is 0 Å². The Morgan fingerprint density at radius 3 is 2.95 bits per heavy atom. The number of nitrogens with zero attached hydrogens (tertiary/aromatic N) is 1. The normalized spacial score (nSPS) is 26.6. The zero-order valence-electron chi connectivity index (χ0n) is 10.5. The quantitative estimate of drug-likeness (QED) is 0.613. The molecule has 1 aromatic heterocycles. The summed E-state index contributed by atoms with van der Waals surface area (Å²) in [6, 6.07) is 0. The fraction of sp³-hybridized carbons (Fsp3) is 0.500. The van der Waals surface area contributed by atoms with Gasteiger partial charge in [0.25, 0.3) is 5.56 Å². The molecule has 7 nitrogen and oxygen atoms in total. The van der Waals surface area contributed by atoms with Crippen LogP contribution in [0.3, 0.4) is 0 Å². The SMILES string of the molecule is C=C(CO)[C@H]1O[C@@H](n2cc(C)c(=O)[nH]c2=O)C[C@@H]1O. The van der Waals surface area contributed by atoms with Crippen LogP contribution in [0.4, 0.5) is 0 Å². The Hall–Kier alpha value is -1.70. The van der Waals surface area contributed by atoms with E-state index < -0.39 is 29.7 Å². The number of aromatic nitrogens is 2. The maximum atomic E-state index is 11.7. The summed E-state index contributed by atoms with van der Waals surface area (Å²) < 4.78 is 6.75. The van der Waals surface area contributed by atoms with Gasteiger partial charge < -0.3 is 14.9 Å². The lowest BCUT2D eigenvalue weighted by atomic mass is 10.1. The van der Waals surface area contributed by atoms with Crippen molar-refractivity contribution in [2.45, 2.75) is 31.8 Å². The van der Waals surface area contributed by atoms with Crippen LogP contribution in [0.2, 0.25) is 0 Å². The first-order chi connectivity index (χ1) is 8.93. The molecule has 2 heterocycles. The van der Waals surface area contributed by atoms with Crippen LogP contribution in [0.15, 0.2) is 27.9 Å². The van der Waals surface area contributed by atoms with Gasteiger partial charge in [0.05, 0.1) is 12.7 Å². The van der Waals surface area contributed by atoms with Gasteiger partial charge in [-0.3, -0.25) is 14.3 Å². The first-order valence-electron chi connectivity index (χ1n) is 5.88. The van der Waals surface area contributed by atoms with E-state index in [4.69, 9.17) is 9.84 Å². The van der Waals surface area contributed by atoms with E-state index in [0.717, 1.165) is 0 Å². The van der Waals surface area contributed by atoms with E-state index in [0.29, 0.717) is 11.1 Å². The standard InChI is InChI=1S/C12H16N2O5/c1-6-4-14(12(18)13-11(6)17)9-3-8(16)10(19-9)7(2)5-15/h4,8-10,15-16H,2-3,5H2,1H3,(H,13,17,18)/t8-,9+,10+/m0/s1. The highest BCUT2D eigenvalue weighted by Crippen LogP contribution is 2.30.